The monoisotopic (exact) mass is 278 g/mol. The predicted octanol–water partition coefficient (Wildman–Crippen LogP) is -0.840. The summed E-state index contributed by atoms with van der Waals surface area (Å²) in [6.07, 6.45) is 1.05. The molecule has 0 spiro atoms. The number of rotatable bonds is 7. The smallest absolute Gasteiger partial charge is 0.268 e. The summed E-state index contributed by atoms with van der Waals surface area (Å²) in [4.78, 5) is 22.8. The van der Waals surface area contributed by atoms with E-state index in [1.807, 2.05) is 0 Å². The van der Waals surface area contributed by atoms with E-state index >= 15 is 0 Å². The molecule has 0 rings (SSSR count). The normalized spacial score (nSPS) is 11.7. The second-order valence-corrected chi connectivity index (χ2v) is 5.86. The van der Waals surface area contributed by atoms with Crippen molar-refractivity contribution in [1.29, 1.82) is 0 Å². The van der Waals surface area contributed by atoms with Crippen LogP contribution in [0.1, 0.15) is 13.8 Å². The summed E-state index contributed by atoms with van der Waals surface area (Å²) in [5.41, 5.74) is -1.15. The average Bonchev–Trinajstić information content (AvgIpc) is 2.27. The molecule has 0 aliphatic heterocycles. The first kappa shape index (κ1) is 16.6. The maximum atomic E-state index is 11.7. The van der Waals surface area contributed by atoms with Gasteiger partial charge in [0.1, 0.15) is 5.54 Å². The number of hydrogen-bond acceptors (Lipinski definition) is 5. The summed E-state index contributed by atoms with van der Waals surface area (Å²) < 4.78 is 26.2. The lowest BCUT2D eigenvalue weighted by molar-refractivity contribution is -0.130. The number of nitrogens with one attached hydrogen (secondary N) is 2. The highest BCUT2D eigenvalue weighted by Gasteiger charge is 2.28. The second-order valence-electron chi connectivity index (χ2n) is 4.00. The lowest BCUT2D eigenvalue weighted by atomic mass is 10.0. The minimum Gasteiger partial charge on any atom is -0.353 e. The molecule has 0 aromatic heterocycles. The van der Waals surface area contributed by atoms with Crippen molar-refractivity contribution in [3.05, 3.63) is 12.7 Å². The van der Waals surface area contributed by atoms with Crippen LogP contribution >= 0.6 is 0 Å². The highest BCUT2D eigenvalue weighted by Crippen LogP contribution is 2.02. The first-order valence-corrected chi connectivity index (χ1v) is 6.73. The first-order chi connectivity index (χ1) is 8.14. The quantitative estimate of drug-likeness (QED) is 0.467. The molecule has 0 radical (unpaired) electrons. The molecule has 0 aliphatic rings. The molecule has 0 bridgehead atoms. The van der Waals surface area contributed by atoms with Crippen molar-refractivity contribution in [3.63, 3.8) is 0 Å². The van der Waals surface area contributed by atoms with Crippen LogP contribution in [0.2, 0.25) is 0 Å². The van der Waals surface area contributed by atoms with Crippen LogP contribution in [0.5, 0.6) is 0 Å². The summed E-state index contributed by atoms with van der Waals surface area (Å²) in [6.45, 7) is 6.16. The fourth-order valence-electron chi connectivity index (χ4n) is 1.01. The Balaban J connectivity index is 4.32. The van der Waals surface area contributed by atoms with Gasteiger partial charge in [0.2, 0.25) is 11.8 Å². The van der Waals surface area contributed by atoms with E-state index in [1.54, 1.807) is 0 Å². The third kappa shape index (κ3) is 5.78. The van der Waals surface area contributed by atoms with E-state index in [0.29, 0.717) is 0 Å². The van der Waals surface area contributed by atoms with Crippen LogP contribution in [0.3, 0.4) is 0 Å². The van der Waals surface area contributed by atoms with Gasteiger partial charge in [-0.05, 0) is 19.9 Å². The van der Waals surface area contributed by atoms with Gasteiger partial charge < -0.3 is 10.6 Å². The summed E-state index contributed by atoms with van der Waals surface area (Å²) in [5, 5.41) is 4.81. The molecule has 0 aliphatic carbocycles. The Bertz CT molecular complexity index is 428. The Hall–Kier alpha value is -1.41. The van der Waals surface area contributed by atoms with Gasteiger partial charge in [-0.25, -0.2) is 0 Å². The van der Waals surface area contributed by atoms with E-state index in [0.717, 1.165) is 13.2 Å². The third-order valence-corrected chi connectivity index (χ3v) is 3.29. The minimum atomic E-state index is -3.61. The van der Waals surface area contributed by atoms with Gasteiger partial charge in [-0.2, -0.15) is 8.42 Å². The SMILES string of the molecule is C=CC(=O)NC(C)(C)C(=O)NCCS(=O)(=O)OC. The first-order valence-electron chi connectivity index (χ1n) is 5.16. The Morgan fingerprint density at radius 3 is 2.39 bits per heavy atom. The highest BCUT2D eigenvalue weighted by atomic mass is 32.2. The molecule has 0 unspecified atom stereocenters. The molecule has 8 heteroatoms. The summed E-state index contributed by atoms with van der Waals surface area (Å²) in [7, 11) is -2.56. The number of hydrogen-bond donors (Lipinski definition) is 2. The Morgan fingerprint density at radius 2 is 1.94 bits per heavy atom. The summed E-state index contributed by atoms with van der Waals surface area (Å²) in [5.74, 6) is -1.32. The molecule has 2 amide bonds. The van der Waals surface area contributed by atoms with Crippen LogP contribution in [0.15, 0.2) is 12.7 Å². The van der Waals surface area contributed by atoms with Gasteiger partial charge in [0.15, 0.2) is 0 Å². The molecule has 7 nitrogen and oxygen atoms in total. The zero-order chi connectivity index (χ0) is 14.4. The Kier molecular flexibility index (Phi) is 5.99. The maximum absolute atomic E-state index is 11.7. The van der Waals surface area contributed by atoms with Crippen molar-refractivity contribution in [3.8, 4) is 0 Å². The van der Waals surface area contributed by atoms with Crippen LogP contribution in [0.4, 0.5) is 0 Å². The van der Waals surface area contributed by atoms with Crippen LogP contribution < -0.4 is 10.6 Å². The third-order valence-electron chi connectivity index (χ3n) is 2.08. The van der Waals surface area contributed by atoms with Gasteiger partial charge in [-0.3, -0.25) is 13.8 Å². The van der Waals surface area contributed by atoms with Gasteiger partial charge in [-0.1, -0.05) is 6.58 Å². The average molecular weight is 278 g/mol. The maximum Gasteiger partial charge on any atom is 0.268 e. The van der Waals surface area contributed by atoms with Crippen molar-refractivity contribution in [2.45, 2.75) is 19.4 Å². The summed E-state index contributed by atoms with van der Waals surface area (Å²) in [6, 6.07) is 0. The molecule has 0 heterocycles. The molecule has 0 fully saturated rings. The van der Waals surface area contributed by atoms with E-state index in [2.05, 4.69) is 21.4 Å². The second kappa shape index (κ2) is 6.50. The van der Waals surface area contributed by atoms with Crippen LogP contribution in [0.25, 0.3) is 0 Å². The Labute approximate surface area is 107 Å². The predicted molar refractivity (Wildman–Crippen MR) is 66.2 cm³/mol. The number of amides is 2. The standard InChI is InChI=1S/C10H18N2O5S/c1-5-8(13)12-10(2,3)9(14)11-6-7-18(15,16)17-4/h5H,1,6-7H2,2-4H3,(H,11,14)(H,12,13). The Morgan fingerprint density at radius 1 is 1.39 bits per heavy atom. The van der Waals surface area contributed by atoms with E-state index in [-0.39, 0.29) is 12.3 Å². The largest absolute Gasteiger partial charge is 0.353 e. The topological polar surface area (TPSA) is 102 Å². The van der Waals surface area contributed by atoms with Crippen molar-refractivity contribution in [2.24, 2.45) is 0 Å². The molecule has 104 valence electrons. The highest BCUT2D eigenvalue weighted by molar-refractivity contribution is 7.86. The molecule has 0 aromatic rings. The van der Waals surface area contributed by atoms with Gasteiger partial charge in [-0.15, -0.1) is 0 Å². The van der Waals surface area contributed by atoms with Crippen molar-refractivity contribution < 1.29 is 22.2 Å². The minimum absolute atomic E-state index is 0.0948. The summed E-state index contributed by atoms with van der Waals surface area (Å²) >= 11 is 0. The van der Waals surface area contributed by atoms with Gasteiger partial charge in [0.25, 0.3) is 10.1 Å². The molecule has 0 saturated heterocycles. The molecule has 0 saturated carbocycles. The van der Waals surface area contributed by atoms with Crippen molar-refractivity contribution >= 4 is 21.9 Å². The molecular formula is C10H18N2O5S. The van der Waals surface area contributed by atoms with Crippen molar-refractivity contribution in [1.82, 2.24) is 10.6 Å². The zero-order valence-corrected chi connectivity index (χ0v) is 11.5. The van der Waals surface area contributed by atoms with Crippen LogP contribution in [-0.4, -0.2) is 45.2 Å². The van der Waals surface area contributed by atoms with E-state index < -0.39 is 27.5 Å². The van der Waals surface area contributed by atoms with E-state index in [9.17, 15) is 18.0 Å². The van der Waals surface area contributed by atoms with E-state index in [1.165, 1.54) is 13.8 Å². The zero-order valence-electron chi connectivity index (χ0n) is 10.6. The van der Waals surface area contributed by atoms with Crippen LogP contribution in [0, 0.1) is 0 Å². The van der Waals surface area contributed by atoms with Crippen LogP contribution in [-0.2, 0) is 23.9 Å². The fourth-order valence-corrected chi connectivity index (χ4v) is 1.53. The lowest BCUT2D eigenvalue weighted by Crippen LogP contribution is -2.54. The molecular weight excluding hydrogens is 260 g/mol. The van der Waals surface area contributed by atoms with Gasteiger partial charge >= 0.3 is 0 Å². The van der Waals surface area contributed by atoms with Gasteiger partial charge in [0, 0.05) is 6.54 Å². The lowest BCUT2D eigenvalue weighted by Gasteiger charge is -2.24. The number of carbonyl (C=O) groups is 2. The number of carbonyl (C=O) groups excluding carboxylic acids is 2. The molecule has 2 N–H and O–H groups in total. The van der Waals surface area contributed by atoms with E-state index in [4.69, 9.17) is 0 Å². The molecule has 0 aromatic carbocycles. The molecule has 18 heavy (non-hydrogen) atoms. The fraction of sp³-hybridized carbons (Fsp3) is 0.600. The van der Waals surface area contributed by atoms with Crippen molar-refractivity contribution in [2.75, 3.05) is 19.4 Å². The van der Waals surface area contributed by atoms with Gasteiger partial charge in [0.05, 0.1) is 12.9 Å². The molecule has 0 atom stereocenters.